The summed E-state index contributed by atoms with van der Waals surface area (Å²) in [6.07, 6.45) is 0. The molecule has 0 saturated heterocycles. The molecule has 0 saturated carbocycles. The fourth-order valence-corrected chi connectivity index (χ4v) is 2.02. The van der Waals surface area contributed by atoms with E-state index in [2.05, 4.69) is 26.8 Å². The van der Waals surface area contributed by atoms with Crippen LogP contribution in [0.25, 0.3) is 0 Å². The number of hydrazine groups is 1. The lowest BCUT2D eigenvalue weighted by atomic mass is 9.79. The van der Waals surface area contributed by atoms with Gasteiger partial charge in [0.25, 0.3) is 11.8 Å². The van der Waals surface area contributed by atoms with Gasteiger partial charge in [0.2, 0.25) is 0 Å². The van der Waals surface area contributed by atoms with E-state index in [1.165, 1.54) is 24.3 Å². The molecule has 2 rings (SSSR count). The van der Waals surface area contributed by atoms with Crippen LogP contribution in [0.4, 0.5) is 0 Å². The van der Waals surface area contributed by atoms with E-state index in [-0.39, 0.29) is 17.6 Å². The smallest absolute Gasteiger partial charge is 0.484 e. The highest BCUT2D eigenvalue weighted by Gasteiger charge is 2.14. The van der Waals surface area contributed by atoms with Gasteiger partial charge in [-0.25, -0.2) is 0 Å². The van der Waals surface area contributed by atoms with Gasteiger partial charge in [-0.05, 0) is 41.9 Å². The Morgan fingerprint density at radius 2 is 1.79 bits per heavy atom. The number of rotatable bonds is 5. The third-order valence-electron chi connectivity index (χ3n) is 2.95. The van der Waals surface area contributed by atoms with Crippen molar-refractivity contribution in [3.63, 3.8) is 0 Å². The summed E-state index contributed by atoms with van der Waals surface area (Å²) >= 11 is 3.29. The molecule has 2 amide bonds. The molecule has 0 bridgehead atoms. The van der Waals surface area contributed by atoms with E-state index in [9.17, 15) is 9.59 Å². The van der Waals surface area contributed by atoms with Crippen LogP contribution in [-0.2, 0) is 4.79 Å². The molecule has 2 aromatic rings. The Morgan fingerprint density at radius 1 is 1.08 bits per heavy atom. The third kappa shape index (κ3) is 5.37. The second kappa shape index (κ2) is 8.48. The molecule has 0 radical (unpaired) electrons. The zero-order valence-corrected chi connectivity index (χ0v) is 14.0. The largest absolute Gasteiger partial charge is 0.488 e. The standard InChI is InChI=1S/C15H14BBrN2O5/c17-12-4-6-13(7-5-12)24-9-14(20)18-19-15(21)10-2-1-3-11(8-10)16(22)23/h1-8,22-23H,9H2,(H,18,20)(H,19,21). The van der Waals surface area contributed by atoms with Crippen molar-refractivity contribution in [3.05, 3.63) is 58.6 Å². The van der Waals surface area contributed by atoms with Gasteiger partial charge in [-0.1, -0.05) is 28.1 Å². The number of halogens is 1. The maximum absolute atomic E-state index is 11.9. The van der Waals surface area contributed by atoms with Crippen LogP contribution in [0.1, 0.15) is 10.4 Å². The van der Waals surface area contributed by atoms with E-state index in [0.29, 0.717) is 5.75 Å². The normalized spacial score (nSPS) is 9.96. The van der Waals surface area contributed by atoms with E-state index < -0.39 is 18.9 Å². The summed E-state index contributed by atoms with van der Waals surface area (Å²) in [6.45, 7) is -0.267. The number of carbonyl (C=O) groups excluding carboxylic acids is 2. The Kier molecular flexibility index (Phi) is 6.36. The number of carbonyl (C=O) groups is 2. The molecule has 24 heavy (non-hydrogen) atoms. The van der Waals surface area contributed by atoms with Gasteiger partial charge in [0, 0.05) is 10.0 Å². The molecule has 124 valence electrons. The molecule has 0 spiro atoms. The molecule has 0 aliphatic heterocycles. The zero-order valence-electron chi connectivity index (χ0n) is 12.4. The predicted molar refractivity (Wildman–Crippen MR) is 91.5 cm³/mol. The molecule has 0 aromatic heterocycles. The van der Waals surface area contributed by atoms with Crippen LogP contribution in [0.2, 0.25) is 0 Å². The van der Waals surface area contributed by atoms with Gasteiger partial charge in [0.1, 0.15) is 5.75 Å². The molecule has 0 atom stereocenters. The van der Waals surface area contributed by atoms with Crippen molar-refractivity contribution < 1.29 is 24.4 Å². The van der Waals surface area contributed by atoms with E-state index in [4.69, 9.17) is 14.8 Å². The lowest BCUT2D eigenvalue weighted by Gasteiger charge is -2.09. The summed E-state index contributed by atoms with van der Waals surface area (Å²) in [4.78, 5) is 23.6. The van der Waals surface area contributed by atoms with Crippen LogP contribution < -0.4 is 21.1 Å². The molecule has 0 aliphatic carbocycles. The zero-order chi connectivity index (χ0) is 17.5. The van der Waals surface area contributed by atoms with Gasteiger partial charge >= 0.3 is 7.12 Å². The van der Waals surface area contributed by atoms with Crippen LogP contribution in [-0.4, -0.2) is 35.6 Å². The van der Waals surface area contributed by atoms with E-state index in [0.717, 1.165) is 4.47 Å². The van der Waals surface area contributed by atoms with Crippen molar-refractivity contribution in [2.75, 3.05) is 6.61 Å². The lowest BCUT2D eigenvalue weighted by molar-refractivity contribution is -0.123. The van der Waals surface area contributed by atoms with Crippen molar-refractivity contribution in [2.45, 2.75) is 0 Å². The monoisotopic (exact) mass is 392 g/mol. The summed E-state index contributed by atoms with van der Waals surface area (Å²) in [5.74, 6) is -0.608. The Bertz CT molecular complexity index is 724. The summed E-state index contributed by atoms with van der Waals surface area (Å²) in [6, 6.07) is 12.7. The summed E-state index contributed by atoms with van der Waals surface area (Å²) in [7, 11) is -1.67. The highest BCUT2D eigenvalue weighted by atomic mass is 79.9. The number of hydrogen-bond donors (Lipinski definition) is 4. The second-order valence-electron chi connectivity index (χ2n) is 4.74. The van der Waals surface area contributed by atoms with Gasteiger partial charge < -0.3 is 14.8 Å². The molecule has 4 N–H and O–H groups in total. The highest BCUT2D eigenvalue weighted by Crippen LogP contribution is 2.15. The Morgan fingerprint density at radius 3 is 2.46 bits per heavy atom. The second-order valence-corrected chi connectivity index (χ2v) is 5.66. The molecule has 2 aromatic carbocycles. The molecular weight excluding hydrogens is 379 g/mol. The summed E-state index contributed by atoms with van der Waals surface area (Å²) in [5.41, 5.74) is 4.78. The van der Waals surface area contributed by atoms with Crippen LogP contribution in [0, 0.1) is 0 Å². The fourth-order valence-electron chi connectivity index (χ4n) is 1.75. The molecule has 0 unspecified atom stereocenters. The van der Waals surface area contributed by atoms with Crippen molar-refractivity contribution >= 4 is 40.3 Å². The van der Waals surface area contributed by atoms with Crippen molar-refractivity contribution in [2.24, 2.45) is 0 Å². The van der Waals surface area contributed by atoms with Crippen molar-refractivity contribution in [1.82, 2.24) is 10.9 Å². The van der Waals surface area contributed by atoms with E-state index in [1.807, 2.05) is 0 Å². The van der Waals surface area contributed by atoms with Crippen LogP contribution in [0.3, 0.4) is 0 Å². The van der Waals surface area contributed by atoms with Crippen molar-refractivity contribution in [1.29, 1.82) is 0 Å². The van der Waals surface area contributed by atoms with Crippen LogP contribution in [0.15, 0.2) is 53.0 Å². The Hall–Kier alpha value is -2.36. The van der Waals surface area contributed by atoms with Crippen LogP contribution >= 0.6 is 15.9 Å². The minimum Gasteiger partial charge on any atom is -0.484 e. The first kappa shape index (κ1) is 18.0. The SMILES string of the molecule is O=C(COc1ccc(Br)cc1)NNC(=O)c1cccc(B(O)O)c1. The minimum atomic E-state index is -1.67. The molecular formula is C15H14BBrN2O5. The fraction of sp³-hybridized carbons (Fsp3) is 0.0667. The molecule has 0 fully saturated rings. The molecule has 0 heterocycles. The average Bonchev–Trinajstić information content (AvgIpc) is 2.59. The number of hydrogen-bond acceptors (Lipinski definition) is 5. The Labute approximate surface area is 146 Å². The average molecular weight is 393 g/mol. The minimum absolute atomic E-state index is 0.174. The number of benzene rings is 2. The van der Waals surface area contributed by atoms with Crippen molar-refractivity contribution in [3.8, 4) is 5.75 Å². The van der Waals surface area contributed by atoms with Gasteiger partial charge in [-0.2, -0.15) is 0 Å². The number of amides is 2. The summed E-state index contributed by atoms with van der Waals surface area (Å²) < 4.78 is 6.15. The summed E-state index contributed by atoms with van der Waals surface area (Å²) in [5, 5.41) is 18.2. The topological polar surface area (TPSA) is 108 Å². The van der Waals surface area contributed by atoms with Gasteiger partial charge in [-0.3, -0.25) is 20.4 Å². The quantitative estimate of drug-likeness (QED) is 0.422. The Balaban J connectivity index is 1.81. The molecule has 0 aliphatic rings. The van der Waals surface area contributed by atoms with E-state index >= 15 is 0 Å². The van der Waals surface area contributed by atoms with Gasteiger partial charge in [0.05, 0.1) is 0 Å². The van der Waals surface area contributed by atoms with E-state index in [1.54, 1.807) is 24.3 Å². The highest BCUT2D eigenvalue weighted by molar-refractivity contribution is 9.10. The number of nitrogens with one attached hydrogen (secondary N) is 2. The van der Waals surface area contributed by atoms with Crippen LogP contribution in [0.5, 0.6) is 5.75 Å². The first-order valence-electron chi connectivity index (χ1n) is 6.89. The predicted octanol–water partition coefficient (Wildman–Crippen LogP) is -0.0311. The lowest BCUT2D eigenvalue weighted by Crippen LogP contribution is -2.44. The maximum Gasteiger partial charge on any atom is 0.488 e. The molecule has 9 heteroatoms. The first-order valence-corrected chi connectivity index (χ1v) is 7.68. The molecule has 7 nitrogen and oxygen atoms in total. The maximum atomic E-state index is 11.9. The van der Waals surface area contributed by atoms with Gasteiger partial charge in [-0.15, -0.1) is 0 Å². The third-order valence-corrected chi connectivity index (χ3v) is 3.47. The first-order chi connectivity index (χ1) is 11.5. The number of ether oxygens (including phenoxy) is 1. The van der Waals surface area contributed by atoms with Gasteiger partial charge in [0.15, 0.2) is 6.61 Å².